The maximum Gasteiger partial charge on any atom is 0.258 e. The van der Waals surface area contributed by atoms with E-state index in [4.69, 9.17) is 4.98 Å². The summed E-state index contributed by atoms with van der Waals surface area (Å²) < 4.78 is 1.89. The molecule has 8 heteroatoms. The van der Waals surface area contributed by atoms with Gasteiger partial charge in [0.25, 0.3) is 5.91 Å². The number of amides is 2. The van der Waals surface area contributed by atoms with Crippen molar-refractivity contribution in [2.45, 2.75) is 51.5 Å². The summed E-state index contributed by atoms with van der Waals surface area (Å²) in [5.41, 5.74) is 4.09. The summed E-state index contributed by atoms with van der Waals surface area (Å²) in [5.74, 6) is 0.436. The molecular weight excluding hydrogens is 464 g/mol. The summed E-state index contributed by atoms with van der Waals surface area (Å²) >= 11 is 0. The van der Waals surface area contributed by atoms with Crippen molar-refractivity contribution < 1.29 is 9.59 Å². The van der Waals surface area contributed by atoms with E-state index in [-0.39, 0.29) is 11.8 Å². The van der Waals surface area contributed by atoms with Crippen molar-refractivity contribution in [2.24, 2.45) is 0 Å². The highest BCUT2D eigenvalue weighted by Crippen LogP contribution is 2.22. The lowest BCUT2D eigenvalue weighted by Crippen LogP contribution is -2.41. The topological polar surface area (TPSA) is 95.9 Å². The maximum atomic E-state index is 13.2. The van der Waals surface area contributed by atoms with Crippen molar-refractivity contribution in [3.05, 3.63) is 84.4 Å². The third-order valence-corrected chi connectivity index (χ3v) is 6.92. The number of benzene rings is 2. The van der Waals surface area contributed by atoms with E-state index in [1.165, 1.54) is 6.42 Å². The van der Waals surface area contributed by atoms with Crippen LogP contribution in [-0.4, -0.2) is 49.0 Å². The number of aryl methyl sites for hydroxylation is 1. The summed E-state index contributed by atoms with van der Waals surface area (Å²) in [4.78, 5) is 32.7. The predicted molar refractivity (Wildman–Crippen MR) is 144 cm³/mol. The van der Waals surface area contributed by atoms with Gasteiger partial charge in [-0.25, -0.2) is 4.98 Å². The Morgan fingerprint density at radius 1 is 1.08 bits per heavy atom. The highest BCUT2D eigenvalue weighted by atomic mass is 16.2. The normalized spacial score (nSPS) is 15.5. The van der Waals surface area contributed by atoms with Crippen LogP contribution in [0.5, 0.6) is 0 Å². The smallest absolute Gasteiger partial charge is 0.258 e. The van der Waals surface area contributed by atoms with Crippen molar-refractivity contribution in [1.82, 2.24) is 24.6 Å². The van der Waals surface area contributed by atoms with Gasteiger partial charge in [-0.1, -0.05) is 30.3 Å². The zero-order chi connectivity index (χ0) is 25.6. The van der Waals surface area contributed by atoms with Crippen molar-refractivity contribution in [2.75, 3.05) is 11.9 Å². The number of aromatic amines is 1. The number of imidazole rings is 1. The van der Waals surface area contributed by atoms with E-state index in [1.54, 1.807) is 18.5 Å². The number of likely N-dealkylation sites (tertiary alicyclic amines) is 1. The third kappa shape index (κ3) is 5.80. The fourth-order valence-corrected chi connectivity index (χ4v) is 4.88. The number of nitrogens with one attached hydrogen (secondary N) is 2. The van der Waals surface area contributed by atoms with E-state index in [1.807, 2.05) is 64.2 Å². The summed E-state index contributed by atoms with van der Waals surface area (Å²) in [6.45, 7) is 3.00. The number of hydrogen-bond acceptors (Lipinski definition) is 4. The molecule has 3 heterocycles. The standard InChI is InChI=1S/C29H32N6O2/c1-21-9-5-6-16-34(21)27(36)15-8-12-25-20-35(26-13-3-2-4-14-26)29(32-25)33-28(37)23-11-7-10-22(17-23)24-18-30-31-19-24/h2-4,7,10-11,13-14,17-21H,5-6,8-9,12,15-16H2,1H3,(H,30,31)(H,32,33,37)/t21-/m1/s1. The van der Waals surface area contributed by atoms with Crippen LogP contribution in [-0.2, 0) is 11.2 Å². The largest absolute Gasteiger partial charge is 0.340 e. The molecule has 1 aliphatic heterocycles. The van der Waals surface area contributed by atoms with Crippen molar-refractivity contribution in [1.29, 1.82) is 0 Å². The Morgan fingerprint density at radius 3 is 2.73 bits per heavy atom. The van der Waals surface area contributed by atoms with Crippen LogP contribution in [0.2, 0.25) is 0 Å². The molecule has 4 aromatic rings. The van der Waals surface area contributed by atoms with Gasteiger partial charge in [0.05, 0.1) is 11.9 Å². The lowest BCUT2D eigenvalue weighted by atomic mass is 10.0. The predicted octanol–water partition coefficient (Wildman–Crippen LogP) is 5.24. The second-order valence-electron chi connectivity index (χ2n) is 9.57. The van der Waals surface area contributed by atoms with E-state index in [0.29, 0.717) is 36.8 Å². The van der Waals surface area contributed by atoms with Crippen LogP contribution in [0.1, 0.15) is 55.1 Å². The first kappa shape index (κ1) is 24.5. The minimum Gasteiger partial charge on any atom is -0.340 e. The number of piperidine rings is 1. The zero-order valence-electron chi connectivity index (χ0n) is 21.1. The number of nitrogens with zero attached hydrogens (tertiary/aromatic N) is 4. The molecule has 2 N–H and O–H groups in total. The van der Waals surface area contributed by atoms with E-state index in [9.17, 15) is 9.59 Å². The average molecular weight is 497 g/mol. The van der Waals surface area contributed by atoms with Crippen LogP contribution in [0, 0.1) is 0 Å². The summed E-state index contributed by atoms with van der Waals surface area (Å²) in [6, 6.07) is 17.5. The Kier molecular flexibility index (Phi) is 7.44. The van der Waals surface area contributed by atoms with Crippen molar-refractivity contribution >= 4 is 17.8 Å². The fraction of sp³-hybridized carbons (Fsp3) is 0.310. The van der Waals surface area contributed by atoms with Gasteiger partial charge in [-0.2, -0.15) is 5.10 Å². The molecule has 37 heavy (non-hydrogen) atoms. The van der Waals surface area contributed by atoms with E-state index in [2.05, 4.69) is 22.4 Å². The fourth-order valence-electron chi connectivity index (χ4n) is 4.88. The SMILES string of the molecule is C[C@@H]1CCCCN1C(=O)CCCc1cn(-c2ccccc2)c(NC(=O)c2cccc(-c3cn[nH]c3)c2)n1. The van der Waals surface area contributed by atoms with Crippen LogP contribution in [0.25, 0.3) is 16.8 Å². The van der Waals surface area contributed by atoms with Gasteiger partial charge in [-0.05, 0) is 68.9 Å². The zero-order valence-corrected chi connectivity index (χ0v) is 21.1. The molecular formula is C29H32N6O2. The van der Waals surface area contributed by atoms with Gasteiger partial charge in [-0.3, -0.25) is 24.6 Å². The minimum atomic E-state index is -0.242. The van der Waals surface area contributed by atoms with Crippen molar-refractivity contribution in [3.63, 3.8) is 0 Å². The molecule has 190 valence electrons. The van der Waals surface area contributed by atoms with Gasteiger partial charge in [0.1, 0.15) is 0 Å². The second kappa shape index (κ2) is 11.2. The monoisotopic (exact) mass is 496 g/mol. The second-order valence-corrected chi connectivity index (χ2v) is 9.57. The Balaban J connectivity index is 1.31. The van der Waals surface area contributed by atoms with E-state index in [0.717, 1.165) is 41.9 Å². The molecule has 1 aliphatic rings. The number of hydrogen-bond donors (Lipinski definition) is 2. The Morgan fingerprint density at radius 2 is 1.95 bits per heavy atom. The van der Waals surface area contributed by atoms with Gasteiger partial charge in [-0.15, -0.1) is 0 Å². The minimum absolute atomic E-state index is 0.223. The van der Waals surface area contributed by atoms with Gasteiger partial charge in [0.15, 0.2) is 0 Å². The molecule has 8 nitrogen and oxygen atoms in total. The Labute approximate surface area is 216 Å². The molecule has 0 bridgehead atoms. The van der Waals surface area contributed by atoms with E-state index < -0.39 is 0 Å². The highest BCUT2D eigenvalue weighted by molar-refractivity contribution is 6.04. The molecule has 0 spiro atoms. The first-order valence-electron chi connectivity index (χ1n) is 12.9. The number of aromatic nitrogens is 4. The third-order valence-electron chi connectivity index (χ3n) is 6.92. The number of carbonyl (C=O) groups excluding carboxylic acids is 2. The Bertz CT molecular complexity index is 1350. The highest BCUT2D eigenvalue weighted by Gasteiger charge is 2.23. The molecule has 1 atom stereocenters. The van der Waals surface area contributed by atoms with Gasteiger partial charge >= 0.3 is 0 Å². The number of anilines is 1. The summed E-state index contributed by atoms with van der Waals surface area (Å²) in [6.07, 6.45) is 10.7. The van der Waals surface area contributed by atoms with Crippen LogP contribution in [0.3, 0.4) is 0 Å². The molecule has 0 aliphatic carbocycles. The number of H-pyrrole nitrogens is 1. The van der Waals surface area contributed by atoms with Crippen LogP contribution in [0.15, 0.2) is 73.2 Å². The maximum absolute atomic E-state index is 13.2. The van der Waals surface area contributed by atoms with Gasteiger partial charge in [0, 0.05) is 48.2 Å². The van der Waals surface area contributed by atoms with Crippen LogP contribution < -0.4 is 5.32 Å². The van der Waals surface area contributed by atoms with Crippen LogP contribution >= 0.6 is 0 Å². The van der Waals surface area contributed by atoms with Gasteiger partial charge < -0.3 is 4.90 Å². The average Bonchev–Trinajstić information content (AvgIpc) is 3.60. The summed E-state index contributed by atoms with van der Waals surface area (Å²) in [5, 5.41) is 9.78. The number of rotatable bonds is 8. The molecule has 2 aromatic carbocycles. The lowest BCUT2D eigenvalue weighted by molar-refractivity contribution is -0.134. The molecule has 0 unspecified atom stereocenters. The van der Waals surface area contributed by atoms with Gasteiger partial charge in [0.2, 0.25) is 11.9 Å². The molecule has 2 amide bonds. The lowest BCUT2D eigenvalue weighted by Gasteiger charge is -2.33. The molecule has 5 rings (SSSR count). The number of carbonyl (C=O) groups is 2. The first-order chi connectivity index (χ1) is 18.1. The quantitative estimate of drug-likeness (QED) is 0.349. The van der Waals surface area contributed by atoms with E-state index >= 15 is 0 Å². The first-order valence-corrected chi connectivity index (χ1v) is 12.9. The number of para-hydroxylation sites is 1. The molecule has 1 saturated heterocycles. The molecule has 1 fully saturated rings. The Hall–Kier alpha value is -4.20. The van der Waals surface area contributed by atoms with Crippen LogP contribution in [0.4, 0.5) is 5.95 Å². The molecule has 0 radical (unpaired) electrons. The molecule has 2 aromatic heterocycles. The van der Waals surface area contributed by atoms with Crippen molar-refractivity contribution in [3.8, 4) is 16.8 Å². The summed E-state index contributed by atoms with van der Waals surface area (Å²) in [7, 11) is 0. The molecule has 0 saturated carbocycles.